The molecule has 21 heavy (non-hydrogen) atoms. The van der Waals surface area contributed by atoms with Gasteiger partial charge in [-0.15, -0.1) is 0 Å². The topological polar surface area (TPSA) is 35.8 Å². The van der Waals surface area contributed by atoms with Gasteiger partial charge < -0.3 is 5.32 Å². The molecule has 0 atom stereocenters. The van der Waals surface area contributed by atoms with E-state index in [1.807, 2.05) is 24.3 Å². The van der Waals surface area contributed by atoms with Crippen LogP contribution >= 0.6 is 15.9 Å². The second-order valence-electron chi connectivity index (χ2n) is 5.80. The molecule has 0 unspecified atom stereocenters. The fraction of sp³-hybridized carbons (Fsp3) is 0.278. The van der Waals surface area contributed by atoms with E-state index in [1.165, 1.54) is 5.56 Å². The first-order valence-corrected chi connectivity index (χ1v) is 7.81. The molecular formula is C18H19BrN2. The van der Waals surface area contributed by atoms with Crippen LogP contribution in [0.4, 0.5) is 5.69 Å². The standard InChI is InChI=1S/C18H19BrN2/c1-18(2,11-10-14-6-4-3-5-7-14)21-17-9-8-16(19)12-15(17)13-20/h3-9,12,21H,10-11H2,1-2H3. The van der Waals surface area contributed by atoms with Crippen LogP contribution in [-0.4, -0.2) is 5.54 Å². The Morgan fingerprint density at radius 3 is 2.52 bits per heavy atom. The molecule has 2 rings (SSSR count). The Morgan fingerprint density at radius 2 is 1.86 bits per heavy atom. The van der Waals surface area contributed by atoms with Crippen molar-refractivity contribution in [2.45, 2.75) is 32.2 Å². The van der Waals surface area contributed by atoms with Gasteiger partial charge in [0.25, 0.3) is 0 Å². The normalized spacial score (nSPS) is 11.0. The average molecular weight is 343 g/mol. The van der Waals surface area contributed by atoms with Gasteiger partial charge >= 0.3 is 0 Å². The molecule has 2 aromatic carbocycles. The Morgan fingerprint density at radius 1 is 1.14 bits per heavy atom. The van der Waals surface area contributed by atoms with Crippen LogP contribution in [0.3, 0.4) is 0 Å². The molecule has 0 saturated heterocycles. The van der Waals surface area contributed by atoms with Gasteiger partial charge in [0.15, 0.2) is 0 Å². The Balaban J connectivity index is 2.05. The van der Waals surface area contributed by atoms with Gasteiger partial charge in [-0.05, 0) is 50.5 Å². The van der Waals surface area contributed by atoms with Crippen molar-refractivity contribution >= 4 is 21.6 Å². The molecule has 1 N–H and O–H groups in total. The van der Waals surface area contributed by atoms with Gasteiger partial charge in [0.05, 0.1) is 11.3 Å². The SMILES string of the molecule is CC(C)(CCc1ccccc1)Nc1ccc(Br)cc1C#N. The maximum Gasteiger partial charge on any atom is 0.101 e. The molecule has 0 aromatic heterocycles. The molecule has 3 heteroatoms. The van der Waals surface area contributed by atoms with E-state index in [0.717, 1.165) is 23.0 Å². The number of halogens is 1. The zero-order chi connectivity index (χ0) is 15.3. The minimum Gasteiger partial charge on any atom is -0.379 e. The summed E-state index contributed by atoms with van der Waals surface area (Å²) in [4.78, 5) is 0. The Bertz CT molecular complexity index is 642. The summed E-state index contributed by atoms with van der Waals surface area (Å²) in [7, 11) is 0. The number of nitrogens with one attached hydrogen (secondary N) is 1. The lowest BCUT2D eigenvalue weighted by molar-refractivity contribution is 0.518. The highest BCUT2D eigenvalue weighted by Crippen LogP contribution is 2.25. The summed E-state index contributed by atoms with van der Waals surface area (Å²) in [5, 5.41) is 12.7. The number of aryl methyl sites for hydroxylation is 1. The number of anilines is 1. The number of hydrogen-bond acceptors (Lipinski definition) is 2. The molecule has 108 valence electrons. The van der Waals surface area contributed by atoms with Crippen LogP contribution in [0.2, 0.25) is 0 Å². The molecule has 0 bridgehead atoms. The summed E-state index contributed by atoms with van der Waals surface area (Å²) in [5.74, 6) is 0. The molecule has 0 radical (unpaired) electrons. The first-order chi connectivity index (χ1) is 10.00. The number of nitriles is 1. The molecule has 0 aliphatic heterocycles. The van der Waals surface area contributed by atoms with Gasteiger partial charge in [0, 0.05) is 10.0 Å². The average Bonchev–Trinajstić information content (AvgIpc) is 2.48. The quantitative estimate of drug-likeness (QED) is 0.815. The Kier molecular flexibility index (Phi) is 5.03. The maximum atomic E-state index is 9.24. The Hall–Kier alpha value is -1.79. The summed E-state index contributed by atoms with van der Waals surface area (Å²) in [5.41, 5.74) is 2.81. The van der Waals surface area contributed by atoms with E-state index in [1.54, 1.807) is 0 Å². The van der Waals surface area contributed by atoms with Crippen LogP contribution in [0.15, 0.2) is 53.0 Å². The molecule has 0 saturated carbocycles. The first-order valence-electron chi connectivity index (χ1n) is 7.02. The summed E-state index contributed by atoms with van der Waals surface area (Å²) >= 11 is 3.40. The van der Waals surface area contributed by atoms with Crippen LogP contribution in [-0.2, 0) is 6.42 Å². The highest BCUT2D eigenvalue weighted by Gasteiger charge is 2.18. The monoisotopic (exact) mass is 342 g/mol. The molecule has 2 nitrogen and oxygen atoms in total. The predicted octanol–water partition coefficient (Wildman–Crippen LogP) is 5.14. The van der Waals surface area contributed by atoms with Crippen LogP contribution in [0.25, 0.3) is 0 Å². The van der Waals surface area contributed by atoms with Gasteiger partial charge in [0.2, 0.25) is 0 Å². The molecule has 0 amide bonds. The summed E-state index contributed by atoms with van der Waals surface area (Å²) in [6.07, 6.45) is 2.01. The number of benzene rings is 2. The zero-order valence-corrected chi connectivity index (χ0v) is 13.9. The number of hydrogen-bond donors (Lipinski definition) is 1. The minimum atomic E-state index is -0.0741. The predicted molar refractivity (Wildman–Crippen MR) is 91.3 cm³/mol. The number of nitrogens with zero attached hydrogens (tertiary/aromatic N) is 1. The molecule has 0 heterocycles. The lowest BCUT2D eigenvalue weighted by Gasteiger charge is -2.28. The lowest BCUT2D eigenvalue weighted by atomic mass is 9.94. The van der Waals surface area contributed by atoms with Crippen molar-refractivity contribution in [3.05, 3.63) is 64.1 Å². The minimum absolute atomic E-state index is 0.0741. The summed E-state index contributed by atoms with van der Waals surface area (Å²) in [6.45, 7) is 4.33. The third kappa shape index (κ3) is 4.61. The summed E-state index contributed by atoms with van der Waals surface area (Å²) in [6, 6.07) is 18.5. The van der Waals surface area contributed by atoms with E-state index in [-0.39, 0.29) is 5.54 Å². The molecule has 0 spiro atoms. The second kappa shape index (κ2) is 6.78. The van der Waals surface area contributed by atoms with Crippen LogP contribution < -0.4 is 5.32 Å². The van der Waals surface area contributed by atoms with E-state index in [2.05, 4.69) is 65.4 Å². The van der Waals surface area contributed by atoms with Gasteiger partial charge in [-0.2, -0.15) is 5.26 Å². The van der Waals surface area contributed by atoms with E-state index in [4.69, 9.17) is 0 Å². The largest absolute Gasteiger partial charge is 0.379 e. The lowest BCUT2D eigenvalue weighted by Crippen LogP contribution is -2.31. The van der Waals surface area contributed by atoms with E-state index < -0.39 is 0 Å². The van der Waals surface area contributed by atoms with Crippen molar-refractivity contribution in [1.29, 1.82) is 5.26 Å². The highest BCUT2D eigenvalue weighted by molar-refractivity contribution is 9.10. The van der Waals surface area contributed by atoms with E-state index >= 15 is 0 Å². The van der Waals surface area contributed by atoms with E-state index in [0.29, 0.717) is 5.56 Å². The maximum absolute atomic E-state index is 9.24. The van der Waals surface area contributed by atoms with Crippen LogP contribution in [0.5, 0.6) is 0 Å². The van der Waals surface area contributed by atoms with Crippen molar-refractivity contribution in [1.82, 2.24) is 0 Å². The number of rotatable bonds is 5. The third-order valence-electron chi connectivity index (χ3n) is 3.46. The smallest absolute Gasteiger partial charge is 0.101 e. The van der Waals surface area contributed by atoms with E-state index in [9.17, 15) is 5.26 Å². The molecule has 0 aliphatic carbocycles. The molecule has 0 fully saturated rings. The summed E-state index contributed by atoms with van der Waals surface area (Å²) < 4.78 is 0.923. The van der Waals surface area contributed by atoms with Crippen LogP contribution in [0, 0.1) is 11.3 Å². The van der Waals surface area contributed by atoms with Crippen molar-refractivity contribution < 1.29 is 0 Å². The molecular weight excluding hydrogens is 324 g/mol. The second-order valence-corrected chi connectivity index (χ2v) is 6.71. The van der Waals surface area contributed by atoms with Crippen molar-refractivity contribution in [3.8, 4) is 6.07 Å². The van der Waals surface area contributed by atoms with Gasteiger partial charge in [0.1, 0.15) is 6.07 Å². The first kappa shape index (κ1) is 15.6. The highest BCUT2D eigenvalue weighted by atomic mass is 79.9. The van der Waals surface area contributed by atoms with Gasteiger partial charge in [-0.25, -0.2) is 0 Å². The van der Waals surface area contributed by atoms with Crippen molar-refractivity contribution in [2.24, 2.45) is 0 Å². The van der Waals surface area contributed by atoms with Crippen molar-refractivity contribution in [2.75, 3.05) is 5.32 Å². The van der Waals surface area contributed by atoms with Crippen LogP contribution in [0.1, 0.15) is 31.4 Å². The fourth-order valence-corrected chi connectivity index (χ4v) is 2.61. The molecule has 0 aliphatic rings. The van der Waals surface area contributed by atoms with Gasteiger partial charge in [-0.1, -0.05) is 46.3 Å². The molecule has 2 aromatic rings. The third-order valence-corrected chi connectivity index (χ3v) is 3.95. The van der Waals surface area contributed by atoms with Crippen molar-refractivity contribution in [3.63, 3.8) is 0 Å². The van der Waals surface area contributed by atoms with Gasteiger partial charge in [-0.3, -0.25) is 0 Å². The Labute approximate surface area is 134 Å². The fourth-order valence-electron chi connectivity index (χ4n) is 2.25. The zero-order valence-electron chi connectivity index (χ0n) is 12.4.